The van der Waals surface area contributed by atoms with Gasteiger partial charge in [0.15, 0.2) is 0 Å². The van der Waals surface area contributed by atoms with Crippen molar-refractivity contribution >= 4 is 11.6 Å². The number of fused-ring (bicyclic) bond motifs is 1. The van der Waals surface area contributed by atoms with E-state index in [2.05, 4.69) is 48.4 Å². The highest BCUT2D eigenvalue weighted by molar-refractivity contribution is 5.93. The van der Waals surface area contributed by atoms with E-state index in [1.165, 1.54) is 12.0 Å². The lowest BCUT2D eigenvalue weighted by Crippen LogP contribution is -2.43. The van der Waals surface area contributed by atoms with E-state index in [0.29, 0.717) is 6.54 Å². The van der Waals surface area contributed by atoms with Crippen LogP contribution in [0.2, 0.25) is 0 Å². The number of aryl methyl sites for hydroxylation is 3. The van der Waals surface area contributed by atoms with E-state index in [0.717, 1.165) is 54.8 Å². The fraction of sp³-hybridized carbons (Fsp3) is 0.611. The highest BCUT2D eigenvalue weighted by atomic mass is 16.2. The third-order valence-corrected chi connectivity index (χ3v) is 5.10. The molecule has 2 aliphatic rings. The first-order valence-corrected chi connectivity index (χ1v) is 8.33. The minimum atomic E-state index is 0.111. The van der Waals surface area contributed by atoms with Gasteiger partial charge >= 0.3 is 0 Å². The predicted molar refractivity (Wildman–Crippen MR) is 90.2 cm³/mol. The van der Waals surface area contributed by atoms with Crippen molar-refractivity contribution in [3.05, 3.63) is 28.8 Å². The van der Waals surface area contributed by atoms with Crippen molar-refractivity contribution in [1.82, 2.24) is 10.2 Å². The maximum atomic E-state index is 12.4. The Morgan fingerprint density at radius 3 is 2.64 bits per heavy atom. The second kappa shape index (κ2) is 6.39. The van der Waals surface area contributed by atoms with Crippen molar-refractivity contribution in [2.75, 3.05) is 38.0 Å². The fourth-order valence-electron chi connectivity index (χ4n) is 4.01. The molecule has 0 aromatic heterocycles. The average Bonchev–Trinajstić information content (AvgIpc) is 2.90. The van der Waals surface area contributed by atoms with Gasteiger partial charge in [0.2, 0.25) is 5.91 Å². The number of nitrogens with zero attached hydrogens (tertiary/aromatic N) is 1. The Morgan fingerprint density at radius 1 is 1.23 bits per heavy atom. The number of likely N-dealkylation sites (tertiary alicyclic amines) is 1. The van der Waals surface area contributed by atoms with Crippen molar-refractivity contribution in [2.24, 2.45) is 11.8 Å². The summed E-state index contributed by atoms with van der Waals surface area (Å²) in [5, 5.41) is 6.59. The van der Waals surface area contributed by atoms with Crippen molar-refractivity contribution in [3.63, 3.8) is 0 Å². The minimum absolute atomic E-state index is 0.111. The molecule has 2 saturated heterocycles. The fourth-order valence-corrected chi connectivity index (χ4v) is 4.01. The van der Waals surface area contributed by atoms with Crippen molar-refractivity contribution < 1.29 is 4.79 Å². The summed E-state index contributed by atoms with van der Waals surface area (Å²) in [6.07, 6.45) is 1.22. The van der Waals surface area contributed by atoms with Gasteiger partial charge in [-0.15, -0.1) is 0 Å². The predicted octanol–water partition coefficient (Wildman–Crippen LogP) is 2.09. The Balaban J connectivity index is 1.59. The Bertz CT molecular complexity index is 546. The lowest BCUT2D eigenvalue weighted by atomic mass is 9.89. The zero-order valence-corrected chi connectivity index (χ0v) is 13.9. The third-order valence-electron chi connectivity index (χ3n) is 5.10. The molecule has 1 amide bonds. The van der Waals surface area contributed by atoms with Gasteiger partial charge < -0.3 is 10.6 Å². The van der Waals surface area contributed by atoms with Gasteiger partial charge in [0, 0.05) is 12.2 Å². The zero-order chi connectivity index (χ0) is 15.7. The molecule has 0 saturated carbocycles. The Labute approximate surface area is 133 Å². The van der Waals surface area contributed by atoms with Crippen molar-refractivity contribution in [2.45, 2.75) is 27.2 Å². The molecule has 1 aromatic carbocycles. The summed E-state index contributed by atoms with van der Waals surface area (Å²) in [6, 6.07) is 4.25. The maximum Gasteiger partial charge on any atom is 0.238 e. The molecule has 22 heavy (non-hydrogen) atoms. The van der Waals surface area contributed by atoms with Crippen molar-refractivity contribution in [3.8, 4) is 0 Å². The van der Waals surface area contributed by atoms with Gasteiger partial charge in [-0.1, -0.05) is 17.7 Å². The van der Waals surface area contributed by atoms with Gasteiger partial charge in [-0.2, -0.15) is 0 Å². The van der Waals surface area contributed by atoms with E-state index in [1.807, 2.05) is 0 Å². The molecule has 2 atom stereocenters. The summed E-state index contributed by atoms with van der Waals surface area (Å²) in [4.78, 5) is 14.7. The van der Waals surface area contributed by atoms with Crippen LogP contribution in [-0.2, 0) is 4.79 Å². The second-order valence-electron chi connectivity index (χ2n) is 7.02. The molecular weight excluding hydrogens is 274 g/mol. The monoisotopic (exact) mass is 301 g/mol. The first kappa shape index (κ1) is 15.5. The molecule has 2 N–H and O–H groups in total. The molecule has 0 bridgehead atoms. The van der Waals surface area contributed by atoms with Gasteiger partial charge in [0.1, 0.15) is 0 Å². The molecular formula is C18H27N3O. The van der Waals surface area contributed by atoms with Crippen LogP contribution in [0.3, 0.4) is 0 Å². The number of amides is 1. The number of nitrogens with one attached hydrogen (secondary N) is 2. The van der Waals surface area contributed by atoms with Gasteiger partial charge in [0.25, 0.3) is 0 Å². The lowest BCUT2D eigenvalue weighted by molar-refractivity contribution is -0.117. The summed E-state index contributed by atoms with van der Waals surface area (Å²) < 4.78 is 0. The van der Waals surface area contributed by atoms with Gasteiger partial charge in [-0.3, -0.25) is 9.69 Å². The molecule has 2 unspecified atom stereocenters. The van der Waals surface area contributed by atoms with Crippen LogP contribution in [0.15, 0.2) is 12.1 Å². The molecule has 2 aliphatic heterocycles. The third kappa shape index (κ3) is 3.33. The molecule has 1 aromatic rings. The van der Waals surface area contributed by atoms with Gasteiger partial charge in [-0.25, -0.2) is 0 Å². The SMILES string of the molecule is Cc1cc(C)c(NC(=O)CN2CCC3CNCC3C2)c(C)c1. The van der Waals surface area contributed by atoms with Crippen LogP contribution in [-0.4, -0.2) is 43.5 Å². The number of hydrogen-bond donors (Lipinski definition) is 2. The summed E-state index contributed by atoms with van der Waals surface area (Å²) >= 11 is 0. The maximum absolute atomic E-state index is 12.4. The molecule has 4 heteroatoms. The highest BCUT2D eigenvalue weighted by Gasteiger charge is 2.33. The lowest BCUT2D eigenvalue weighted by Gasteiger charge is -2.34. The molecule has 2 heterocycles. The molecule has 0 aliphatic carbocycles. The molecule has 0 spiro atoms. The standard InChI is InChI=1S/C18H27N3O/c1-12-6-13(2)18(14(3)7-12)20-17(22)11-21-5-4-15-8-19-9-16(15)10-21/h6-7,15-16,19H,4-5,8-11H2,1-3H3,(H,20,22). The largest absolute Gasteiger partial charge is 0.324 e. The van der Waals surface area contributed by atoms with Crippen LogP contribution in [0.25, 0.3) is 0 Å². The number of carbonyl (C=O) groups excluding carboxylic acids is 1. The van der Waals surface area contributed by atoms with Crippen LogP contribution in [0, 0.1) is 32.6 Å². The molecule has 3 rings (SSSR count). The Hall–Kier alpha value is -1.39. The van der Waals surface area contributed by atoms with Crippen LogP contribution >= 0.6 is 0 Å². The van der Waals surface area contributed by atoms with Crippen LogP contribution in [0.5, 0.6) is 0 Å². The van der Waals surface area contributed by atoms with Gasteiger partial charge in [0.05, 0.1) is 6.54 Å². The highest BCUT2D eigenvalue weighted by Crippen LogP contribution is 2.26. The van der Waals surface area contributed by atoms with Crippen LogP contribution in [0.1, 0.15) is 23.1 Å². The zero-order valence-electron chi connectivity index (χ0n) is 13.9. The van der Waals surface area contributed by atoms with E-state index >= 15 is 0 Å². The van der Waals surface area contributed by atoms with E-state index in [-0.39, 0.29) is 5.91 Å². The molecule has 4 nitrogen and oxygen atoms in total. The number of piperidine rings is 1. The van der Waals surface area contributed by atoms with Crippen LogP contribution in [0.4, 0.5) is 5.69 Å². The number of carbonyl (C=O) groups is 1. The Morgan fingerprint density at radius 2 is 1.91 bits per heavy atom. The molecule has 0 radical (unpaired) electrons. The normalized spacial score (nSPS) is 25.0. The summed E-state index contributed by atoms with van der Waals surface area (Å²) in [5.74, 6) is 1.66. The van der Waals surface area contributed by atoms with Gasteiger partial charge in [-0.05, 0) is 69.8 Å². The number of rotatable bonds is 3. The van der Waals surface area contributed by atoms with E-state index < -0.39 is 0 Å². The number of anilines is 1. The summed E-state index contributed by atoms with van der Waals surface area (Å²) in [5.41, 5.74) is 4.51. The van der Waals surface area contributed by atoms with E-state index in [1.54, 1.807) is 0 Å². The Kier molecular flexibility index (Phi) is 4.50. The first-order chi connectivity index (χ1) is 10.5. The quantitative estimate of drug-likeness (QED) is 0.898. The molecule has 120 valence electrons. The minimum Gasteiger partial charge on any atom is -0.324 e. The van der Waals surface area contributed by atoms with Crippen molar-refractivity contribution in [1.29, 1.82) is 0 Å². The number of benzene rings is 1. The topological polar surface area (TPSA) is 44.4 Å². The average molecular weight is 301 g/mol. The second-order valence-corrected chi connectivity index (χ2v) is 7.02. The summed E-state index contributed by atoms with van der Waals surface area (Å²) in [6.45, 7) is 11.1. The van der Waals surface area contributed by atoms with Crippen LogP contribution < -0.4 is 10.6 Å². The first-order valence-electron chi connectivity index (χ1n) is 8.33. The molecule has 2 fully saturated rings. The number of hydrogen-bond acceptors (Lipinski definition) is 3. The van der Waals surface area contributed by atoms with E-state index in [9.17, 15) is 4.79 Å². The smallest absolute Gasteiger partial charge is 0.238 e. The van der Waals surface area contributed by atoms with E-state index in [4.69, 9.17) is 0 Å². The summed E-state index contributed by atoms with van der Waals surface area (Å²) in [7, 11) is 0.